The van der Waals surface area contributed by atoms with Crippen LogP contribution in [0.3, 0.4) is 0 Å². The van der Waals surface area contributed by atoms with Gasteiger partial charge in [-0.1, -0.05) is 13.3 Å². The van der Waals surface area contributed by atoms with Gasteiger partial charge in [0.2, 0.25) is 5.91 Å². The van der Waals surface area contributed by atoms with Gasteiger partial charge in [-0.05, 0) is 25.1 Å². The molecule has 1 unspecified atom stereocenters. The smallest absolute Gasteiger partial charge is 0.246 e. The van der Waals surface area contributed by atoms with Crippen molar-refractivity contribution < 1.29 is 4.79 Å². The van der Waals surface area contributed by atoms with Crippen molar-refractivity contribution in [2.24, 2.45) is 11.6 Å². The Hall–Kier alpha value is -0.260. The second-order valence-electron chi connectivity index (χ2n) is 2.80. The number of nitrogens with one attached hydrogen (secondary N) is 1. The van der Waals surface area contributed by atoms with Gasteiger partial charge >= 0.3 is 0 Å². The average Bonchev–Trinajstić information content (AvgIpc) is 2.16. The fourth-order valence-corrected chi connectivity index (χ4v) is 2.19. The summed E-state index contributed by atoms with van der Waals surface area (Å²) >= 11 is 1.63. The Labute approximate surface area is 83.8 Å². The Morgan fingerprint density at radius 3 is 2.77 bits per heavy atom. The number of carbonyl (C=O) groups excluding carboxylic acids is 1. The highest BCUT2D eigenvalue weighted by atomic mass is 32.2. The third-order valence-corrected chi connectivity index (χ3v) is 3.03. The molecule has 13 heavy (non-hydrogen) atoms. The highest BCUT2D eigenvalue weighted by Gasteiger charge is 2.15. The molecule has 0 heterocycles. The van der Waals surface area contributed by atoms with E-state index in [9.17, 15) is 4.79 Å². The van der Waals surface area contributed by atoms with Crippen molar-refractivity contribution in [2.45, 2.75) is 31.4 Å². The van der Waals surface area contributed by atoms with Gasteiger partial charge in [0, 0.05) is 0 Å². The molecule has 0 aliphatic heterocycles. The molecular formula is C8H19N3OS. The summed E-state index contributed by atoms with van der Waals surface area (Å²) in [6.07, 6.45) is 2.81. The molecule has 5 heteroatoms. The van der Waals surface area contributed by atoms with Crippen molar-refractivity contribution in [1.82, 2.24) is 5.43 Å². The van der Waals surface area contributed by atoms with Crippen LogP contribution in [-0.2, 0) is 4.79 Å². The zero-order chi connectivity index (χ0) is 10.1. The lowest BCUT2D eigenvalue weighted by Crippen LogP contribution is -2.37. The molecule has 0 rings (SSSR count). The maximum atomic E-state index is 11.2. The average molecular weight is 205 g/mol. The van der Waals surface area contributed by atoms with Crippen molar-refractivity contribution >= 4 is 17.7 Å². The van der Waals surface area contributed by atoms with E-state index in [0.29, 0.717) is 6.54 Å². The highest BCUT2D eigenvalue weighted by Crippen LogP contribution is 2.16. The van der Waals surface area contributed by atoms with Crippen molar-refractivity contribution in [3.05, 3.63) is 0 Å². The van der Waals surface area contributed by atoms with E-state index < -0.39 is 0 Å². The van der Waals surface area contributed by atoms with Gasteiger partial charge in [-0.3, -0.25) is 10.2 Å². The SMILES string of the molecule is CCCC(SCCCN)C(=O)NN. The number of rotatable bonds is 7. The molecule has 0 bridgehead atoms. The maximum Gasteiger partial charge on any atom is 0.246 e. The normalized spacial score (nSPS) is 12.5. The van der Waals surface area contributed by atoms with E-state index in [1.807, 2.05) is 0 Å². The maximum absolute atomic E-state index is 11.2. The Morgan fingerprint density at radius 2 is 2.31 bits per heavy atom. The molecule has 0 aromatic carbocycles. The van der Waals surface area contributed by atoms with E-state index in [2.05, 4.69) is 12.3 Å². The fraction of sp³-hybridized carbons (Fsp3) is 0.875. The first-order valence-electron chi connectivity index (χ1n) is 4.58. The second-order valence-corrected chi connectivity index (χ2v) is 4.11. The van der Waals surface area contributed by atoms with Crippen LogP contribution in [0, 0.1) is 0 Å². The predicted octanol–water partition coefficient (Wildman–Crippen LogP) is 0.227. The van der Waals surface area contributed by atoms with Crippen LogP contribution in [0.15, 0.2) is 0 Å². The lowest BCUT2D eigenvalue weighted by Gasteiger charge is -2.13. The zero-order valence-corrected chi connectivity index (χ0v) is 8.90. The molecule has 1 atom stereocenters. The Morgan fingerprint density at radius 1 is 1.62 bits per heavy atom. The van der Waals surface area contributed by atoms with Gasteiger partial charge in [0.1, 0.15) is 0 Å². The topological polar surface area (TPSA) is 81.1 Å². The molecule has 4 nitrogen and oxygen atoms in total. The van der Waals surface area contributed by atoms with Gasteiger partial charge in [0.25, 0.3) is 0 Å². The summed E-state index contributed by atoms with van der Waals surface area (Å²) in [6, 6.07) is 0. The second kappa shape index (κ2) is 8.34. The summed E-state index contributed by atoms with van der Waals surface area (Å²) in [5.41, 5.74) is 7.54. The standard InChI is InChI=1S/C8H19N3OS/c1-2-4-7(8(12)11-10)13-6-3-5-9/h7H,2-6,9-10H2,1H3,(H,11,12). The van der Waals surface area contributed by atoms with Crippen molar-refractivity contribution in [1.29, 1.82) is 0 Å². The highest BCUT2D eigenvalue weighted by molar-refractivity contribution is 8.00. The summed E-state index contributed by atoms with van der Waals surface area (Å²) < 4.78 is 0. The molecule has 5 N–H and O–H groups in total. The molecule has 0 fully saturated rings. The molecule has 1 amide bonds. The quantitative estimate of drug-likeness (QED) is 0.240. The molecule has 78 valence electrons. The van der Waals surface area contributed by atoms with E-state index in [1.165, 1.54) is 0 Å². The monoisotopic (exact) mass is 205 g/mol. The third kappa shape index (κ3) is 5.90. The first-order chi connectivity index (χ1) is 6.26. The van der Waals surface area contributed by atoms with Crippen molar-refractivity contribution in [2.75, 3.05) is 12.3 Å². The zero-order valence-electron chi connectivity index (χ0n) is 8.08. The van der Waals surface area contributed by atoms with E-state index in [-0.39, 0.29) is 11.2 Å². The van der Waals surface area contributed by atoms with Crippen LogP contribution in [0.2, 0.25) is 0 Å². The summed E-state index contributed by atoms with van der Waals surface area (Å²) in [5.74, 6) is 5.92. The number of thioether (sulfide) groups is 1. The van der Waals surface area contributed by atoms with Gasteiger partial charge in [-0.15, -0.1) is 11.8 Å². The van der Waals surface area contributed by atoms with Gasteiger partial charge in [0.15, 0.2) is 0 Å². The molecule has 0 radical (unpaired) electrons. The lowest BCUT2D eigenvalue weighted by molar-refractivity contribution is -0.120. The minimum atomic E-state index is -0.0797. The molecular weight excluding hydrogens is 186 g/mol. The number of hydrogen-bond acceptors (Lipinski definition) is 4. The van der Waals surface area contributed by atoms with Gasteiger partial charge < -0.3 is 5.73 Å². The fourth-order valence-electron chi connectivity index (χ4n) is 0.954. The molecule has 0 saturated carbocycles. The van der Waals surface area contributed by atoms with E-state index in [4.69, 9.17) is 11.6 Å². The molecule has 0 aromatic rings. The molecule has 0 aromatic heterocycles. The number of hydrazine groups is 1. The number of amides is 1. The van der Waals surface area contributed by atoms with Crippen LogP contribution >= 0.6 is 11.8 Å². The molecule has 0 aliphatic carbocycles. The van der Waals surface area contributed by atoms with Gasteiger partial charge in [-0.25, -0.2) is 5.84 Å². The van der Waals surface area contributed by atoms with Crippen LogP contribution in [0.4, 0.5) is 0 Å². The van der Waals surface area contributed by atoms with Crippen LogP contribution in [0.25, 0.3) is 0 Å². The van der Waals surface area contributed by atoms with E-state index in [1.54, 1.807) is 11.8 Å². The Bertz CT molecular complexity index is 143. The molecule has 0 aliphatic rings. The predicted molar refractivity (Wildman–Crippen MR) is 57.2 cm³/mol. The van der Waals surface area contributed by atoms with Crippen LogP contribution < -0.4 is 17.0 Å². The summed E-state index contributed by atoms with van der Waals surface area (Å²) in [7, 11) is 0. The summed E-state index contributed by atoms with van der Waals surface area (Å²) in [4.78, 5) is 11.2. The lowest BCUT2D eigenvalue weighted by atomic mass is 10.2. The number of hydrogen-bond donors (Lipinski definition) is 3. The van der Waals surface area contributed by atoms with E-state index in [0.717, 1.165) is 25.0 Å². The number of nitrogens with two attached hydrogens (primary N) is 2. The molecule has 0 spiro atoms. The Balaban J connectivity index is 3.73. The van der Waals surface area contributed by atoms with Crippen molar-refractivity contribution in [3.8, 4) is 0 Å². The first-order valence-corrected chi connectivity index (χ1v) is 5.63. The minimum absolute atomic E-state index is 0.0125. The van der Waals surface area contributed by atoms with Gasteiger partial charge in [-0.2, -0.15) is 0 Å². The van der Waals surface area contributed by atoms with Gasteiger partial charge in [0.05, 0.1) is 5.25 Å². The number of carbonyl (C=O) groups is 1. The third-order valence-electron chi connectivity index (χ3n) is 1.65. The summed E-state index contributed by atoms with van der Waals surface area (Å²) in [6.45, 7) is 2.73. The van der Waals surface area contributed by atoms with E-state index >= 15 is 0 Å². The van der Waals surface area contributed by atoms with Crippen LogP contribution in [0.1, 0.15) is 26.2 Å². The first kappa shape index (κ1) is 12.7. The Kier molecular flexibility index (Phi) is 8.18. The van der Waals surface area contributed by atoms with Crippen LogP contribution in [0.5, 0.6) is 0 Å². The largest absolute Gasteiger partial charge is 0.330 e. The molecule has 0 saturated heterocycles. The minimum Gasteiger partial charge on any atom is -0.330 e. The van der Waals surface area contributed by atoms with Crippen molar-refractivity contribution in [3.63, 3.8) is 0 Å². The summed E-state index contributed by atoms with van der Waals surface area (Å²) in [5, 5.41) is -0.0125. The van der Waals surface area contributed by atoms with Crippen LogP contribution in [-0.4, -0.2) is 23.5 Å².